The van der Waals surface area contributed by atoms with Gasteiger partial charge in [-0.25, -0.2) is 4.79 Å². The maximum Gasteiger partial charge on any atom is 0.428 e. The second-order valence-corrected chi connectivity index (χ2v) is 8.30. The number of esters is 1. The van der Waals surface area contributed by atoms with Gasteiger partial charge in [-0.3, -0.25) is 10.3 Å². The van der Waals surface area contributed by atoms with Crippen LogP contribution in [-0.4, -0.2) is 19.3 Å². The maximum atomic E-state index is 14.4. The van der Waals surface area contributed by atoms with E-state index in [9.17, 15) is 31.1 Å². The molecule has 0 bridgehead atoms. The number of benzene rings is 3. The van der Waals surface area contributed by atoms with E-state index in [1.54, 1.807) is 24.3 Å². The quantitative estimate of drug-likeness (QED) is 0.282. The Labute approximate surface area is 204 Å². The number of ether oxygens (including phenoxy) is 1. The normalized spacial score (nSPS) is 18.4. The van der Waals surface area contributed by atoms with Gasteiger partial charge in [-0.15, -0.1) is 0 Å². The highest BCUT2D eigenvalue weighted by atomic mass is 35.5. The number of nitrogens with one attached hydrogen (secondary N) is 1. The molecule has 3 aromatic rings. The topological polar surface area (TPSA) is 47.6 Å². The highest BCUT2D eigenvalue weighted by Gasteiger charge is 2.60. The minimum atomic E-state index is -5.20. The molecule has 184 valence electrons. The maximum absolute atomic E-state index is 14.4. The Morgan fingerprint density at radius 1 is 1.00 bits per heavy atom. The molecule has 1 aliphatic rings. The third-order valence-corrected chi connectivity index (χ3v) is 6.27. The number of hydroxylamine groups is 1. The van der Waals surface area contributed by atoms with E-state index < -0.39 is 45.1 Å². The summed E-state index contributed by atoms with van der Waals surface area (Å²) in [7, 11) is 1.18. The van der Waals surface area contributed by atoms with E-state index in [-0.39, 0.29) is 22.9 Å². The lowest BCUT2D eigenvalue weighted by Gasteiger charge is -2.29. The Hall–Kier alpha value is -2.95. The highest BCUT2D eigenvalue weighted by Crippen LogP contribution is 2.50. The molecule has 0 aromatic heterocycles. The molecule has 0 radical (unpaired) electrons. The van der Waals surface area contributed by atoms with E-state index >= 15 is 0 Å². The summed E-state index contributed by atoms with van der Waals surface area (Å²) < 4.78 is 88.1. The molecule has 12 heteroatoms. The van der Waals surface area contributed by atoms with E-state index in [0.29, 0.717) is 22.9 Å². The van der Waals surface area contributed by atoms with Crippen molar-refractivity contribution < 1.29 is 40.7 Å². The van der Waals surface area contributed by atoms with Gasteiger partial charge in [-0.1, -0.05) is 53.5 Å². The van der Waals surface area contributed by atoms with Crippen molar-refractivity contribution in [3.63, 3.8) is 0 Å². The Kier molecular flexibility index (Phi) is 6.19. The lowest BCUT2D eigenvalue weighted by molar-refractivity contribution is -0.269. The van der Waals surface area contributed by atoms with Gasteiger partial charge in [-0.2, -0.15) is 26.3 Å². The van der Waals surface area contributed by atoms with Gasteiger partial charge >= 0.3 is 18.3 Å². The SMILES string of the molecule is COC(=O)c1ccc(C2=CC(c3cc(Cl)c(Cl)c(C(F)(F)F)c3)(C(F)(F)F)ON2)c2ccccc12. The van der Waals surface area contributed by atoms with E-state index in [4.69, 9.17) is 32.8 Å². The number of hydrogen-bond acceptors (Lipinski definition) is 4. The van der Waals surface area contributed by atoms with Gasteiger partial charge in [0.15, 0.2) is 0 Å². The summed E-state index contributed by atoms with van der Waals surface area (Å²) in [6.45, 7) is 0. The number of hydrogen-bond donors (Lipinski definition) is 1. The Balaban J connectivity index is 1.95. The first-order valence-corrected chi connectivity index (χ1v) is 10.5. The van der Waals surface area contributed by atoms with Crippen molar-refractivity contribution in [2.24, 2.45) is 0 Å². The summed E-state index contributed by atoms with van der Waals surface area (Å²) in [6, 6.07) is 10.0. The van der Waals surface area contributed by atoms with Crippen LogP contribution in [0.15, 0.2) is 54.6 Å². The summed E-state index contributed by atoms with van der Waals surface area (Å²) in [4.78, 5) is 17.1. The summed E-state index contributed by atoms with van der Waals surface area (Å²) in [5.74, 6) is -0.655. The fourth-order valence-corrected chi connectivity index (χ4v) is 4.24. The number of rotatable bonds is 3. The third-order valence-electron chi connectivity index (χ3n) is 5.47. The molecule has 3 aromatic carbocycles. The van der Waals surface area contributed by atoms with Crippen molar-refractivity contribution >= 4 is 45.6 Å². The summed E-state index contributed by atoms with van der Waals surface area (Å²) in [6.07, 6.45) is -9.65. The van der Waals surface area contributed by atoms with Gasteiger partial charge in [0.1, 0.15) is 0 Å². The second-order valence-electron chi connectivity index (χ2n) is 7.51. The van der Waals surface area contributed by atoms with Crippen LogP contribution in [0.3, 0.4) is 0 Å². The Morgan fingerprint density at radius 3 is 2.26 bits per heavy atom. The molecule has 0 amide bonds. The molecule has 1 atom stereocenters. The van der Waals surface area contributed by atoms with Crippen LogP contribution >= 0.6 is 23.2 Å². The number of fused-ring (bicyclic) bond motifs is 1. The van der Waals surface area contributed by atoms with E-state index in [0.717, 1.165) is 0 Å². The summed E-state index contributed by atoms with van der Waals surface area (Å²) >= 11 is 11.4. The lowest BCUT2D eigenvalue weighted by Crippen LogP contribution is -2.42. The average Bonchev–Trinajstić information content (AvgIpc) is 3.25. The van der Waals surface area contributed by atoms with Crippen LogP contribution in [0.2, 0.25) is 10.0 Å². The van der Waals surface area contributed by atoms with Crippen LogP contribution < -0.4 is 5.48 Å². The molecule has 0 fully saturated rings. The van der Waals surface area contributed by atoms with Crippen LogP contribution in [0.25, 0.3) is 16.5 Å². The second kappa shape index (κ2) is 8.61. The number of carbonyl (C=O) groups excluding carboxylic acids is 1. The first kappa shape index (κ1) is 25.2. The predicted octanol–water partition coefficient (Wildman–Crippen LogP) is 7.29. The molecule has 35 heavy (non-hydrogen) atoms. The minimum absolute atomic E-state index is 0.174. The number of alkyl halides is 6. The van der Waals surface area contributed by atoms with Crippen LogP contribution in [0.5, 0.6) is 0 Å². The van der Waals surface area contributed by atoms with Crippen LogP contribution in [0.4, 0.5) is 26.3 Å². The van der Waals surface area contributed by atoms with Gasteiger partial charge < -0.3 is 4.74 Å². The zero-order chi connectivity index (χ0) is 25.8. The minimum Gasteiger partial charge on any atom is -0.465 e. The van der Waals surface area contributed by atoms with Crippen molar-refractivity contribution in [3.05, 3.63) is 86.9 Å². The zero-order valence-corrected chi connectivity index (χ0v) is 19.0. The number of methoxy groups -OCH3 is 1. The third kappa shape index (κ3) is 4.19. The molecule has 1 unspecified atom stereocenters. The van der Waals surface area contributed by atoms with Crippen LogP contribution in [-0.2, 0) is 21.4 Å². The standard InChI is InChI=1S/C23H13Cl2F6NO3/c1-34-20(33)15-7-6-14(12-4-2-3-5-13(12)15)18-10-21(35-32-18,23(29,30)31)11-8-16(22(26,27)28)19(25)17(24)9-11/h2-10,32H,1H3. The lowest BCUT2D eigenvalue weighted by atomic mass is 9.89. The van der Waals surface area contributed by atoms with Gasteiger partial charge in [0.2, 0.25) is 5.60 Å². The molecule has 4 nitrogen and oxygen atoms in total. The van der Waals surface area contributed by atoms with Gasteiger partial charge in [0.25, 0.3) is 0 Å². The first-order valence-electron chi connectivity index (χ1n) is 9.71. The van der Waals surface area contributed by atoms with Crippen LogP contribution in [0.1, 0.15) is 27.0 Å². The zero-order valence-electron chi connectivity index (χ0n) is 17.4. The average molecular weight is 536 g/mol. The Morgan fingerprint density at radius 2 is 1.66 bits per heavy atom. The molecule has 1 N–H and O–H groups in total. The number of halogens is 8. The Bertz CT molecular complexity index is 1370. The smallest absolute Gasteiger partial charge is 0.428 e. The fourth-order valence-electron chi connectivity index (χ4n) is 3.81. The molecule has 0 saturated carbocycles. The predicted molar refractivity (Wildman–Crippen MR) is 117 cm³/mol. The summed E-state index contributed by atoms with van der Waals surface area (Å²) in [5.41, 5.74) is -3.41. The van der Waals surface area contributed by atoms with E-state index in [1.165, 1.54) is 19.2 Å². The van der Waals surface area contributed by atoms with Crippen molar-refractivity contribution in [2.75, 3.05) is 7.11 Å². The largest absolute Gasteiger partial charge is 0.465 e. The highest BCUT2D eigenvalue weighted by molar-refractivity contribution is 6.42. The van der Waals surface area contributed by atoms with E-state index in [2.05, 4.69) is 5.48 Å². The van der Waals surface area contributed by atoms with Gasteiger partial charge in [0, 0.05) is 11.1 Å². The molecule has 1 aliphatic heterocycles. The fraction of sp³-hybridized carbons (Fsp3) is 0.174. The molecular weight excluding hydrogens is 523 g/mol. The van der Waals surface area contributed by atoms with Gasteiger partial charge in [-0.05, 0) is 35.0 Å². The van der Waals surface area contributed by atoms with E-state index in [1.807, 2.05) is 0 Å². The molecule has 0 aliphatic carbocycles. The molecule has 0 saturated heterocycles. The van der Waals surface area contributed by atoms with Crippen LogP contribution in [0, 0.1) is 0 Å². The van der Waals surface area contributed by atoms with Crippen molar-refractivity contribution in [3.8, 4) is 0 Å². The monoisotopic (exact) mass is 535 g/mol. The number of carbonyl (C=O) groups is 1. The van der Waals surface area contributed by atoms with Crippen molar-refractivity contribution in [1.82, 2.24) is 5.48 Å². The van der Waals surface area contributed by atoms with Crippen molar-refractivity contribution in [2.45, 2.75) is 18.0 Å². The first-order chi connectivity index (χ1) is 16.3. The molecule has 0 spiro atoms. The van der Waals surface area contributed by atoms with Crippen molar-refractivity contribution in [1.29, 1.82) is 0 Å². The molecular formula is C23H13Cl2F6NO3. The molecule has 1 heterocycles. The van der Waals surface area contributed by atoms with Gasteiger partial charge in [0.05, 0.1) is 34.0 Å². The molecule has 4 rings (SSSR count). The summed E-state index contributed by atoms with van der Waals surface area (Å²) in [5, 5.41) is -0.892.